The molecule has 0 saturated heterocycles. The van der Waals surface area contributed by atoms with Crippen LogP contribution in [0.4, 0.5) is 18.9 Å². The molecule has 27 heavy (non-hydrogen) atoms. The van der Waals surface area contributed by atoms with Gasteiger partial charge in [0.05, 0.1) is 16.6 Å². The zero-order valence-corrected chi connectivity index (χ0v) is 14.1. The van der Waals surface area contributed by atoms with Gasteiger partial charge in [-0.3, -0.25) is 4.79 Å². The Morgan fingerprint density at radius 3 is 2.59 bits per heavy atom. The van der Waals surface area contributed by atoms with Gasteiger partial charge in [0.2, 0.25) is 0 Å². The molecule has 0 bridgehead atoms. The molecule has 4 rings (SSSR count). The quantitative estimate of drug-likeness (QED) is 0.721. The summed E-state index contributed by atoms with van der Waals surface area (Å²) >= 11 is 0. The third kappa shape index (κ3) is 3.71. The van der Waals surface area contributed by atoms with Crippen LogP contribution in [-0.2, 0) is 0 Å². The minimum absolute atomic E-state index is 0.302. The van der Waals surface area contributed by atoms with Crippen molar-refractivity contribution >= 4 is 22.7 Å². The molecule has 0 atom stereocenters. The van der Waals surface area contributed by atoms with Crippen LogP contribution in [0.1, 0.15) is 40.5 Å². The Kier molecular flexibility index (Phi) is 4.01. The van der Waals surface area contributed by atoms with E-state index in [1.807, 2.05) is 0 Å². The number of fused-ring (bicyclic) bond motifs is 1. The number of hydrogen-bond acceptors (Lipinski definition) is 5. The third-order valence-electron chi connectivity index (χ3n) is 4.22. The second-order valence-corrected chi connectivity index (χ2v) is 6.34. The minimum Gasteiger partial charge on any atom is -0.406 e. The lowest BCUT2D eigenvalue weighted by Crippen LogP contribution is -2.17. The summed E-state index contributed by atoms with van der Waals surface area (Å²) in [7, 11) is 0. The van der Waals surface area contributed by atoms with E-state index in [1.54, 1.807) is 13.0 Å². The van der Waals surface area contributed by atoms with Crippen LogP contribution >= 0.6 is 0 Å². The van der Waals surface area contributed by atoms with Crippen molar-refractivity contribution in [3.05, 3.63) is 47.3 Å². The van der Waals surface area contributed by atoms with E-state index in [9.17, 15) is 18.0 Å². The molecule has 1 amide bonds. The molecule has 140 valence electrons. The van der Waals surface area contributed by atoms with Crippen LogP contribution in [0.15, 0.2) is 34.9 Å². The molecule has 9 heteroatoms. The Morgan fingerprint density at radius 2 is 1.96 bits per heavy atom. The summed E-state index contributed by atoms with van der Waals surface area (Å²) in [5.41, 5.74) is 2.32. The molecule has 1 aliphatic rings. The van der Waals surface area contributed by atoms with Crippen molar-refractivity contribution < 1.29 is 27.2 Å². The fraction of sp³-hybridized carbons (Fsp3) is 0.278. The number of alkyl halides is 3. The number of amides is 1. The number of anilines is 1. The monoisotopic (exact) mass is 377 g/mol. The van der Waals surface area contributed by atoms with Crippen LogP contribution in [0.3, 0.4) is 0 Å². The molecule has 6 nitrogen and oxygen atoms in total. The van der Waals surface area contributed by atoms with Crippen molar-refractivity contribution in [1.29, 1.82) is 0 Å². The Morgan fingerprint density at radius 1 is 1.26 bits per heavy atom. The molecule has 1 saturated carbocycles. The van der Waals surface area contributed by atoms with Crippen molar-refractivity contribution in [1.82, 2.24) is 10.1 Å². The van der Waals surface area contributed by atoms with Gasteiger partial charge in [0.15, 0.2) is 0 Å². The van der Waals surface area contributed by atoms with Crippen LogP contribution in [-0.4, -0.2) is 22.4 Å². The number of rotatable bonds is 4. The number of nitrogens with one attached hydrogen (secondary N) is 1. The lowest BCUT2D eigenvalue weighted by atomic mass is 10.1. The number of ether oxygens (including phenoxy) is 1. The molecule has 0 aliphatic heterocycles. The van der Waals surface area contributed by atoms with Gasteiger partial charge < -0.3 is 14.6 Å². The summed E-state index contributed by atoms with van der Waals surface area (Å²) in [5.74, 6) is -0.469. The predicted octanol–water partition coefficient (Wildman–Crippen LogP) is 4.56. The van der Waals surface area contributed by atoms with Crippen LogP contribution in [0.25, 0.3) is 11.1 Å². The highest BCUT2D eigenvalue weighted by molar-refractivity contribution is 6.12. The largest absolute Gasteiger partial charge is 0.573 e. The SMILES string of the molecule is Cc1noc2nc(C3CC3)cc(C(=O)Nc3ccc(OC(F)(F)F)cc3)c12. The van der Waals surface area contributed by atoms with Crippen molar-refractivity contribution in [2.24, 2.45) is 0 Å². The van der Waals surface area contributed by atoms with Crippen molar-refractivity contribution in [3.8, 4) is 5.75 Å². The van der Waals surface area contributed by atoms with E-state index in [2.05, 4.69) is 20.2 Å². The summed E-state index contributed by atoms with van der Waals surface area (Å²) in [4.78, 5) is 17.2. The van der Waals surface area contributed by atoms with Crippen LogP contribution in [0.2, 0.25) is 0 Å². The van der Waals surface area contributed by atoms with E-state index in [0.717, 1.165) is 30.7 Å². The van der Waals surface area contributed by atoms with Crippen molar-refractivity contribution in [3.63, 3.8) is 0 Å². The molecule has 1 N–H and O–H groups in total. The first-order valence-corrected chi connectivity index (χ1v) is 8.24. The van der Waals surface area contributed by atoms with Crippen molar-refractivity contribution in [2.75, 3.05) is 5.32 Å². The molecule has 0 radical (unpaired) electrons. The molecule has 3 aromatic rings. The normalized spacial score (nSPS) is 14.4. The number of pyridine rings is 1. The molecule has 1 aliphatic carbocycles. The number of nitrogens with zero attached hydrogens (tertiary/aromatic N) is 2. The molecular weight excluding hydrogens is 363 g/mol. The summed E-state index contributed by atoms with van der Waals surface area (Å²) in [6.45, 7) is 1.71. The number of carbonyl (C=O) groups excluding carboxylic acids is 1. The molecule has 0 spiro atoms. The highest BCUT2D eigenvalue weighted by atomic mass is 19.4. The van der Waals surface area contributed by atoms with E-state index < -0.39 is 12.3 Å². The number of aryl methyl sites for hydroxylation is 1. The van der Waals surface area contributed by atoms with E-state index in [1.165, 1.54) is 12.1 Å². The fourth-order valence-electron chi connectivity index (χ4n) is 2.82. The lowest BCUT2D eigenvalue weighted by Gasteiger charge is -2.10. The number of hydrogen-bond donors (Lipinski definition) is 1. The number of aromatic nitrogens is 2. The first kappa shape index (κ1) is 17.3. The van der Waals surface area contributed by atoms with Gasteiger partial charge in [0.25, 0.3) is 11.6 Å². The van der Waals surface area contributed by atoms with Gasteiger partial charge in [-0.15, -0.1) is 13.2 Å². The summed E-state index contributed by atoms with van der Waals surface area (Å²) < 4.78 is 45.7. The van der Waals surface area contributed by atoms with Gasteiger partial charge in [0.1, 0.15) is 5.75 Å². The maximum absolute atomic E-state index is 12.8. The lowest BCUT2D eigenvalue weighted by molar-refractivity contribution is -0.274. The molecule has 1 fully saturated rings. The third-order valence-corrected chi connectivity index (χ3v) is 4.22. The number of benzene rings is 1. The van der Waals surface area contributed by atoms with Gasteiger partial charge in [-0.25, -0.2) is 4.98 Å². The maximum Gasteiger partial charge on any atom is 0.573 e. The Balaban J connectivity index is 1.60. The second kappa shape index (κ2) is 6.26. The Labute approximate surface area is 151 Å². The topological polar surface area (TPSA) is 77.2 Å². The standard InChI is InChI=1S/C18H14F3N3O3/c1-9-15-13(8-14(10-2-3-10)23-17(15)27-24-9)16(25)22-11-4-6-12(7-5-11)26-18(19,20)21/h4-8,10H,2-3H2,1H3,(H,22,25). The van der Waals surface area contributed by atoms with Crippen LogP contribution < -0.4 is 10.1 Å². The van der Waals surface area contributed by atoms with Gasteiger partial charge in [0, 0.05) is 17.3 Å². The number of carbonyl (C=O) groups is 1. The number of halogens is 3. The van der Waals surface area contributed by atoms with Crippen molar-refractivity contribution in [2.45, 2.75) is 32.0 Å². The summed E-state index contributed by atoms with van der Waals surface area (Å²) in [5, 5.41) is 7.06. The molecule has 2 aromatic heterocycles. The average molecular weight is 377 g/mol. The smallest absolute Gasteiger partial charge is 0.406 e. The minimum atomic E-state index is -4.77. The van der Waals surface area contributed by atoms with Crippen LogP contribution in [0, 0.1) is 6.92 Å². The van der Waals surface area contributed by atoms with E-state index in [0.29, 0.717) is 34.0 Å². The molecule has 1 aromatic carbocycles. The zero-order valence-electron chi connectivity index (χ0n) is 14.1. The van der Waals surface area contributed by atoms with Gasteiger partial charge >= 0.3 is 6.36 Å². The van der Waals surface area contributed by atoms with Gasteiger partial charge in [-0.1, -0.05) is 5.16 Å². The first-order valence-electron chi connectivity index (χ1n) is 8.24. The van der Waals surface area contributed by atoms with Crippen LogP contribution in [0.5, 0.6) is 5.75 Å². The summed E-state index contributed by atoms with van der Waals surface area (Å²) in [6.07, 6.45) is -2.75. The highest BCUT2D eigenvalue weighted by Gasteiger charge is 2.31. The van der Waals surface area contributed by atoms with E-state index in [4.69, 9.17) is 4.52 Å². The molecular formula is C18H14F3N3O3. The maximum atomic E-state index is 12.8. The van der Waals surface area contributed by atoms with Gasteiger partial charge in [-0.2, -0.15) is 0 Å². The fourth-order valence-corrected chi connectivity index (χ4v) is 2.82. The highest BCUT2D eigenvalue weighted by Crippen LogP contribution is 2.40. The summed E-state index contributed by atoms with van der Waals surface area (Å²) in [6, 6.07) is 6.65. The molecule has 2 heterocycles. The second-order valence-electron chi connectivity index (χ2n) is 6.34. The Bertz CT molecular complexity index is 1010. The first-order chi connectivity index (χ1) is 12.8. The Hall–Kier alpha value is -3.10. The van der Waals surface area contributed by atoms with Gasteiger partial charge in [-0.05, 0) is 50.1 Å². The van der Waals surface area contributed by atoms with E-state index >= 15 is 0 Å². The molecule has 0 unspecified atom stereocenters. The predicted molar refractivity (Wildman–Crippen MR) is 89.6 cm³/mol. The average Bonchev–Trinajstić information content (AvgIpc) is 3.39. The van der Waals surface area contributed by atoms with E-state index in [-0.39, 0.29) is 5.75 Å². The zero-order chi connectivity index (χ0) is 19.2.